The Hall–Kier alpha value is -1.73. The predicted octanol–water partition coefficient (Wildman–Crippen LogP) is 2.40. The van der Waals surface area contributed by atoms with Gasteiger partial charge in [0, 0.05) is 6.04 Å². The third-order valence-electron chi connectivity index (χ3n) is 6.41. The Morgan fingerprint density at radius 3 is 2.15 bits per heavy atom. The predicted molar refractivity (Wildman–Crippen MR) is 98.7 cm³/mol. The molecule has 0 heterocycles. The van der Waals surface area contributed by atoms with Crippen LogP contribution in [-0.2, 0) is 24.0 Å². The van der Waals surface area contributed by atoms with Gasteiger partial charge < -0.3 is 14.6 Å². The van der Waals surface area contributed by atoms with E-state index in [0.717, 1.165) is 18.1 Å². The fraction of sp³-hybridized carbons (Fsp3) is 0.600. The van der Waals surface area contributed by atoms with E-state index >= 15 is 0 Å². The van der Waals surface area contributed by atoms with Crippen molar-refractivity contribution in [2.75, 3.05) is 12.9 Å². The molecule has 1 unspecified atom stereocenters. The first-order valence-corrected chi connectivity index (χ1v) is 11.5. The maximum absolute atomic E-state index is 12.3. The molecule has 1 aromatic carbocycles. The van der Waals surface area contributed by atoms with Crippen molar-refractivity contribution in [1.29, 1.82) is 0 Å². The first-order chi connectivity index (χ1) is 12.8. The van der Waals surface area contributed by atoms with Gasteiger partial charge in [-0.1, -0.05) is 0 Å². The van der Waals surface area contributed by atoms with Crippen molar-refractivity contribution in [3.05, 3.63) is 29.8 Å². The molecular weight excluding hydrogens is 366 g/mol. The molecule has 0 spiro atoms. The molecule has 1 N–H and O–H groups in total. The van der Waals surface area contributed by atoms with Gasteiger partial charge in [-0.3, -0.25) is 4.79 Å². The van der Waals surface area contributed by atoms with Crippen LogP contribution in [0.1, 0.15) is 42.5 Å². The van der Waals surface area contributed by atoms with Gasteiger partial charge in [-0.2, -0.15) is 0 Å². The average molecular weight is 391 g/mol. The first-order valence-electron chi connectivity index (χ1n) is 9.56. The Morgan fingerprint density at radius 1 is 1.07 bits per heavy atom. The van der Waals surface area contributed by atoms with Crippen LogP contribution in [0.5, 0.6) is 0 Å². The monoisotopic (exact) mass is 391 g/mol. The van der Waals surface area contributed by atoms with Gasteiger partial charge in [0.05, 0.1) is 15.8 Å². The Morgan fingerprint density at radius 2 is 1.63 bits per heavy atom. The Labute approximate surface area is 160 Å². The number of rotatable bonds is 5. The maximum Gasteiger partial charge on any atom is 0.338 e. The third-order valence-corrected chi connectivity index (χ3v) is 7.54. The molecule has 1 aromatic rings. The fourth-order valence-electron chi connectivity index (χ4n) is 5.44. The highest BCUT2D eigenvalue weighted by Gasteiger charge is 2.48. The molecule has 4 saturated carbocycles. The van der Waals surface area contributed by atoms with E-state index < -0.39 is 16.2 Å². The third kappa shape index (κ3) is 3.94. The number of benzene rings is 1. The molecule has 0 aliphatic heterocycles. The topological polar surface area (TPSA) is 95.5 Å². The molecule has 4 aliphatic carbocycles. The largest absolute Gasteiger partial charge is 0.610 e. The number of sulfone groups is 1. The highest BCUT2D eigenvalue weighted by molar-refractivity contribution is 7.97. The number of ether oxygens (including phenoxy) is 1. The molecule has 1 atom stereocenters. The van der Waals surface area contributed by atoms with E-state index in [1.165, 1.54) is 56.4 Å². The molecule has 5 rings (SSSR count). The molecule has 7 heteroatoms. The maximum atomic E-state index is 12.3. The van der Waals surface area contributed by atoms with Gasteiger partial charge in [0.1, 0.15) is 6.26 Å². The van der Waals surface area contributed by atoms with Crippen molar-refractivity contribution in [3.63, 3.8) is 0 Å². The zero-order valence-electron chi connectivity index (χ0n) is 15.4. The van der Waals surface area contributed by atoms with Crippen LogP contribution in [0.3, 0.4) is 0 Å². The van der Waals surface area contributed by atoms with Crippen LogP contribution in [0.2, 0.25) is 0 Å². The van der Waals surface area contributed by atoms with Crippen LogP contribution in [0.4, 0.5) is 0 Å². The normalized spacial score (nSPS) is 33.3. The summed E-state index contributed by atoms with van der Waals surface area (Å²) in [5.41, 5.74) is 0.227. The quantitative estimate of drug-likeness (QED) is 0.614. The van der Waals surface area contributed by atoms with Gasteiger partial charge in [0.25, 0.3) is 5.91 Å². The average Bonchev–Trinajstić information content (AvgIpc) is 2.61. The zero-order valence-corrected chi connectivity index (χ0v) is 16.2. The Bertz CT molecular complexity index is 756. The second-order valence-corrected chi connectivity index (χ2v) is 10.4. The highest BCUT2D eigenvalue weighted by atomic mass is 32.3. The summed E-state index contributed by atoms with van der Waals surface area (Å²) in [5, 5.41) is 3.10. The number of amides is 1. The van der Waals surface area contributed by atoms with E-state index in [4.69, 9.17) is 4.74 Å². The van der Waals surface area contributed by atoms with Crippen LogP contribution in [-0.4, -0.2) is 35.3 Å². The molecule has 0 radical (unpaired) electrons. The Kier molecular flexibility index (Phi) is 4.84. The van der Waals surface area contributed by atoms with Crippen molar-refractivity contribution < 1.29 is 23.1 Å². The lowest BCUT2D eigenvalue weighted by molar-refractivity contribution is -0.128. The number of nitrogens with one attached hydrogen (secondary N) is 1. The summed E-state index contributed by atoms with van der Waals surface area (Å²) in [4.78, 5) is 24.5. The summed E-state index contributed by atoms with van der Waals surface area (Å²) >= 11 is 0. The molecule has 1 amide bonds. The van der Waals surface area contributed by atoms with Gasteiger partial charge in [-0.25, -0.2) is 4.79 Å². The van der Waals surface area contributed by atoms with Gasteiger partial charge in [-0.05, 0) is 80.0 Å². The molecule has 0 saturated heterocycles. The van der Waals surface area contributed by atoms with Crippen molar-refractivity contribution in [3.8, 4) is 0 Å². The number of carbonyl (C=O) groups excluding carboxylic acids is 2. The van der Waals surface area contributed by atoms with E-state index in [1.54, 1.807) is 0 Å². The van der Waals surface area contributed by atoms with Gasteiger partial charge in [0.15, 0.2) is 11.5 Å². The minimum Gasteiger partial charge on any atom is -0.610 e. The minimum absolute atomic E-state index is 0.138. The second kappa shape index (κ2) is 7.02. The fourth-order valence-corrected chi connectivity index (χ4v) is 6.07. The number of esters is 1. The van der Waals surface area contributed by atoms with E-state index in [1.807, 2.05) is 0 Å². The van der Waals surface area contributed by atoms with E-state index in [0.29, 0.717) is 11.8 Å². The summed E-state index contributed by atoms with van der Waals surface area (Å²) in [6, 6.07) is 5.74. The summed E-state index contributed by atoms with van der Waals surface area (Å²) in [5.74, 6) is 1.94. The zero-order chi connectivity index (χ0) is 19.2. The van der Waals surface area contributed by atoms with Crippen LogP contribution >= 0.6 is 0 Å². The molecule has 27 heavy (non-hydrogen) atoms. The van der Waals surface area contributed by atoms with Crippen LogP contribution in [0, 0.1) is 23.7 Å². The summed E-state index contributed by atoms with van der Waals surface area (Å²) in [6.45, 7) is -0.310. The summed E-state index contributed by atoms with van der Waals surface area (Å²) in [7, 11) is -3.31. The highest BCUT2D eigenvalue weighted by Crippen LogP contribution is 2.53. The summed E-state index contributed by atoms with van der Waals surface area (Å²) < 4.78 is 28.0. The molecule has 0 aromatic heterocycles. The van der Waals surface area contributed by atoms with Crippen LogP contribution in [0.15, 0.2) is 29.2 Å². The van der Waals surface area contributed by atoms with Gasteiger partial charge >= 0.3 is 5.97 Å². The van der Waals surface area contributed by atoms with E-state index in [9.17, 15) is 18.4 Å². The van der Waals surface area contributed by atoms with Gasteiger partial charge in [0.2, 0.25) is 0 Å². The van der Waals surface area contributed by atoms with E-state index in [2.05, 4.69) is 5.32 Å². The Balaban J connectivity index is 1.29. The van der Waals surface area contributed by atoms with Crippen molar-refractivity contribution in [2.45, 2.75) is 43.0 Å². The smallest absolute Gasteiger partial charge is 0.338 e. The number of carbonyl (C=O) groups is 2. The lowest BCUT2D eigenvalue weighted by Crippen LogP contribution is -2.56. The number of hydrogen-bond acceptors (Lipinski definition) is 5. The standard InChI is InChI=1S/C20H25NO5S/c1-27(24,25)17-4-2-14(3-5-17)20(23)26-11-18(22)21-19-15-7-12-6-13(9-15)10-16(19)8-12/h2-5,12-13,15-16,19H,6-11H2,1H3,(H-,21,22,24,25). The SMILES string of the molecule is C[S+](=O)([O-])c1ccc(C(=O)OCC(=O)NC2C3CC4CC(C3)CC2C4)cc1. The van der Waals surface area contributed by atoms with Crippen LogP contribution < -0.4 is 5.32 Å². The van der Waals surface area contributed by atoms with E-state index in [-0.39, 0.29) is 29.0 Å². The summed E-state index contributed by atoms with van der Waals surface area (Å²) in [6.07, 6.45) is 7.32. The molecule has 6 nitrogen and oxygen atoms in total. The molecule has 4 bridgehead atoms. The minimum atomic E-state index is -3.31. The van der Waals surface area contributed by atoms with Crippen molar-refractivity contribution in [1.82, 2.24) is 5.32 Å². The lowest BCUT2D eigenvalue weighted by Gasteiger charge is -2.54. The lowest BCUT2D eigenvalue weighted by atomic mass is 9.54. The second-order valence-electron chi connectivity index (χ2n) is 8.40. The number of hydrogen-bond donors (Lipinski definition) is 1. The van der Waals surface area contributed by atoms with Gasteiger partial charge in [-0.15, -0.1) is 4.21 Å². The molecule has 4 aliphatic rings. The van der Waals surface area contributed by atoms with Crippen molar-refractivity contribution in [2.24, 2.45) is 23.7 Å². The molecule has 146 valence electrons. The molecular formula is C20H25NO5S. The first kappa shape index (κ1) is 18.6. The van der Waals surface area contributed by atoms with Crippen molar-refractivity contribution >= 4 is 22.1 Å². The van der Waals surface area contributed by atoms with Crippen LogP contribution in [0.25, 0.3) is 0 Å². The molecule has 4 fully saturated rings.